The van der Waals surface area contributed by atoms with Crippen LogP contribution in [0.25, 0.3) is 10.9 Å². The Balaban J connectivity index is 1.59. The summed E-state index contributed by atoms with van der Waals surface area (Å²) in [6, 6.07) is 13.5. The second kappa shape index (κ2) is 7.00. The van der Waals surface area contributed by atoms with Gasteiger partial charge in [0.05, 0.1) is 5.52 Å². The van der Waals surface area contributed by atoms with Crippen molar-refractivity contribution < 1.29 is 4.79 Å². The van der Waals surface area contributed by atoms with Crippen molar-refractivity contribution in [3.05, 3.63) is 58.6 Å². The monoisotopic (exact) mass is 368 g/mol. The third-order valence-electron chi connectivity index (χ3n) is 5.14. The summed E-state index contributed by atoms with van der Waals surface area (Å²) in [4.78, 5) is 15.1. The first-order valence-electron chi connectivity index (χ1n) is 8.90. The summed E-state index contributed by atoms with van der Waals surface area (Å²) < 4.78 is 0. The number of anilines is 1. The van der Waals surface area contributed by atoms with Crippen LogP contribution in [0.2, 0.25) is 5.02 Å². The van der Waals surface area contributed by atoms with Gasteiger partial charge in [0.25, 0.3) is 5.91 Å². The van der Waals surface area contributed by atoms with Gasteiger partial charge >= 0.3 is 0 Å². The van der Waals surface area contributed by atoms with Gasteiger partial charge in [0, 0.05) is 35.0 Å². The normalized spacial score (nSPS) is 18.0. The predicted molar refractivity (Wildman–Crippen MR) is 104 cm³/mol. The number of halogens is 1. The van der Waals surface area contributed by atoms with E-state index < -0.39 is 0 Å². The fourth-order valence-corrected chi connectivity index (χ4v) is 3.81. The second-order valence-electron chi connectivity index (χ2n) is 6.86. The number of nitrogen functional groups attached to an aromatic ring is 1. The molecule has 134 valence electrons. The minimum atomic E-state index is 0.0494. The van der Waals surface area contributed by atoms with Crippen molar-refractivity contribution in [2.45, 2.75) is 25.2 Å². The molecule has 26 heavy (non-hydrogen) atoms. The number of amides is 1. The molecule has 1 aliphatic heterocycles. The highest BCUT2D eigenvalue weighted by Gasteiger charge is 2.24. The summed E-state index contributed by atoms with van der Waals surface area (Å²) in [6.45, 7) is 1.50. The van der Waals surface area contributed by atoms with Crippen LogP contribution in [0.4, 0.5) is 5.82 Å². The van der Waals surface area contributed by atoms with Crippen molar-refractivity contribution in [3.8, 4) is 0 Å². The number of hydrogen-bond donors (Lipinski definition) is 2. The van der Waals surface area contributed by atoms with E-state index in [1.807, 2.05) is 35.2 Å². The Labute approximate surface area is 157 Å². The lowest BCUT2D eigenvalue weighted by atomic mass is 9.94. The number of hydrogen-bond acceptors (Lipinski definition) is 3. The summed E-state index contributed by atoms with van der Waals surface area (Å²) >= 11 is 6.01. The van der Waals surface area contributed by atoms with E-state index in [-0.39, 0.29) is 5.91 Å². The van der Waals surface area contributed by atoms with Crippen LogP contribution in [-0.2, 0) is 0 Å². The molecule has 1 amide bonds. The Morgan fingerprint density at radius 3 is 2.81 bits per heavy atom. The Hall–Kier alpha value is -2.53. The Kier molecular flexibility index (Phi) is 4.55. The molecule has 3 N–H and O–H groups in total. The lowest BCUT2D eigenvalue weighted by Crippen LogP contribution is -2.34. The number of likely N-dealkylation sites (tertiary alicyclic amines) is 1. The molecule has 0 saturated carbocycles. The fraction of sp³-hybridized carbons (Fsp3) is 0.300. The molecule has 2 heterocycles. The summed E-state index contributed by atoms with van der Waals surface area (Å²) in [5.74, 6) is 0.805. The molecule has 5 nitrogen and oxygen atoms in total. The number of aromatic amines is 1. The summed E-state index contributed by atoms with van der Waals surface area (Å²) in [7, 11) is 0. The molecule has 1 fully saturated rings. The number of carbonyl (C=O) groups excluding carboxylic acids is 1. The summed E-state index contributed by atoms with van der Waals surface area (Å²) in [5, 5.41) is 8.39. The van der Waals surface area contributed by atoms with Crippen LogP contribution in [-0.4, -0.2) is 34.1 Å². The molecule has 2 aromatic carbocycles. The maximum absolute atomic E-state index is 13.1. The van der Waals surface area contributed by atoms with Crippen LogP contribution in [0.1, 0.15) is 41.1 Å². The third-order valence-corrected chi connectivity index (χ3v) is 5.39. The molecule has 6 heteroatoms. The standard InChI is InChI=1S/C20H21ClN4O/c21-16-7-4-13(5-8-16)15-3-1-2-10-25(12-15)20(26)14-6-9-18-17(11-14)19(22)24-23-18/h4-9,11,15H,1-3,10,12H2,(H3,22,23,24). The first-order valence-corrected chi connectivity index (χ1v) is 9.28. The lowest BCUT2D eigenvalue weighted by Gasteiger charge is -2.25. The topological polar surface area (TPSA) is 75.0 Å². The van der Waals surface area contributed by atoms with Gasteiger partial charge in [-0.05, 0) is 48.7 Å². The van der Waals surface area contributed by atoms with Gasteiger partial charge in [0.2, 0.25) is 0 Å². The SMILES string of the molecule is Nc1n[nH]c2ccc(C(=O)N3CCCCC(c4ccc(Cl)cc4)C3)cc12. The van der Waals surface area contributed by atoms with Crippen molar-refractivity contribution in [2.24, 2.45) is 0 Å². The number of nitrogens with one attached hydrogen (secondary N) is 1. The number of nitrogens with zero attached hydrogens (tertiary/aromatic N) is 2. The minimum absolute atomic E-state index is 0.0494. The average molecular weight is 369 g/mol. The van der Waals surface area contributed by atoms with Gasteiger partial charge in [0.15, 0.2) is 5.82 Å². The first kappa shape index (κ1) is 16.9. The highest BCUT2D eigenvalue weighted by Crippen LogP contribution is 2.29. The van der Waals surface area contributed by atoms with Crippen LogP contribution in [0.15, 0.2) is 42.5 Å². The van der Waals surface area contributed by atoms with Crippen molar-refractivity contribution in [1.82, 2.24) is 15.1 Å². The first-order chi connectivity index (χ1) is 12.6. The average Bonchev–Trinajstić information content (AvgIpc) is 2.87. The highest BCUT2D eigenvalue weighted by molar-refractivity contribution is 6.30. The number of aromatic nitrogens is 2. The van der Waals surface area contributed by atoms with Crippen LogP contribution in [0.3, 0.4) is 0 Å². The highest BCUT2D eigenvalue weighted by atomic mass is 35.5. The molecule has 0 spiro atoms. The van der Waals surface area contributed by atoms with Crippen molar-refractivity contribution >= 4 is 34.2 Å². The zero-order valence-electron chi connectivity index (χ0n) is 14.4. The Morgan fingerprint density at radius 1 is 1.19 bits per heavy atom. The number of carbonyl (C=O) groups is 1. The Bertz CT molecular complexity index is 935. The van der Waals surface area contributed by atoms with Gasteiger partial charge in [-0.3, -0.25) is 9.89 Å². The summed E-state index contributed by atoms with van der Waals surface area (Å²) in [6.07, 6.45) is 3.22. The molecule has 1 unspecified atom stereocenters. The van der Waals surface area contributed by atoms with E-state index in [0.29, 0.717) is 17.3 Å². The molecular weight excluding hydrogens is 348 g/mol. The van der Waals surface area contributed by atoms with E-state index in [9.17, 15) is 4.79 Å². The molecule has 4 rings (SSSR count). The van der Waals surface area contributed by atoms with Crippen molar-refractivity contribution in [3.63, 3.8) is 0 Å². The van der Waals surface area contributed by atoms with Gasteiger partial charge in [0.1, 0.15) is 0 Å². The van der Waals surface area contributed by atoms with Crippen LogP contribution < -0.4 is 5.73 Å². The van der Waals surface area contributed by atoms with Gasteiger partial charge < -0.3 is 10.6 Å². The number of fused-ring (bicyclic) bond motifs is 1. The molecule has 1 aromatic heterocycles. The van der Waals surface area contributed by atoms with Gasteiger partial charge in [-0.1, -0.05) is 30.2 Å². The molecule has 1 saturated heterocycles. The van der Waals surface area contributed by atoms with E-state index in [4.69, 9.17) is 17.3 Å². The van der Waals surface area contributed by atoms with Gasteiger partial charge in [-0.15, -0.1) is 0 Å². The van der Waals surface area contributed by atoms with Crippen LogP contribution >= 0.6 is 11.6 Å². The Morgan fingerprint density at radius 2 is 2.00 bits per heavy atom. The predicted octanol–water partition coefficient (Wildman–Crippen LogP) is 4.21. The number of nitrogens with two attached hydrogens (primary N) is 1. The smallest absolute Gasteiger partial charge is 0.253 e. The van der Waals surface area contributed by atoms with E-state index in [1.54, 1.807) is 0 Å². The molecule has 3 aromatic rings. The van der Waals surface area contributed by atoms with Crippen molar-refractivity contribution in [1.29, 1.82) is 0 Å². The van der Waals surface area contributed by atoms with Crippen molar-refractivity contribution in [2.75, 3.05) is 18.8 Å². The van der Waals surface area contributed by atoms with Crippen LogP contribution in [0.5, 0.6) is 0 Å². The molecule has 0 radical (unpaired) electrons. The van der Waals surface area contributed by atoms with Gasteiger partial charge in [-0.25, -0.2) is 0 Å². The molecule has 0 bridgehead atoms. The maximum atomic E-state index is 13.1. The van der Waals surface area contributed by atoms with E-state index >= 15 is 0 Å². The van der Waals surface area contributed by atoms with Gasteiger partial charge in [-0.2, -0.15) is 5.10 Å². The maximum Gasteiger partial charge on any atom is 0.253 e. The fourth-order valence-electron chi connectivity index (χ4n) is 3.68. The molecular formula is C20H21ClN4O. The van der Waals surface area contributed by atoms with Crippen LogP contribution in [0, 0.1) is 0 Å². The number of rotatable bonds is 2. The van der Waals surface area contributed by atoms with E-state index in [1.165, 1.54) is 5.56 Å². The largest absolute Gasteiger partial charge is 0.382 e. The zero-order valence-corrected chi connectivity index (χ0v) is 15.2. The molecule has 1 aliphatic rings. The summed E-state index contributed by atoms with van der Waals surface area (Å²) in [5.41, 5.74) is 8.62. The quantitative estimate of drug-likeness (QED) is 0.711. The second-order valence-corrected chi connectivity index (χ2v) is 7.30. The number of benzene rings is 2. The molecule has 0 aliphatic carbocycles. The van der Waals surface area contributed by atoms with E-state index in [2.05, 4.69) is 22.3 Å². The van der Waals surface area contributed by atoms with E-state index in [0.717, 1.165) is 48.3 Å². The third kappa shape index (κ3) is 3.27. The lowest BCUT2D eigenvalue weighted by molar-refractivity contribution is 0.0754. The zero-order chi connectivity index (χ0) is 18.1. The minimum Gasteiger partial charge on any atom is -0.382 e. The molecule has 1 atom stereocenters. The number of H-pyrrole nitrogens is 1.